The van der Waals surface area contributed by atoms with E-state index in [1.54, 1.807) is 11.3 Å². The van der Waals surface area contributed by atoms with Gasteiger partial charge in [-0.15, -0.1) is 11.3 Å². The van der Waals surface area contributed by atoms with Crippen LogP contribution in [0, 0.1) is 0 Å². The lowest BCUT2D eigenvalue weighted by molar-refractivity contribution is 0.670. The molecule has 0 aliphatic rings. The number of hydrogen-bond acceptors (Lipinski definition) is 4. The number of nitrogens with zero attached hydrogens (tertiary/aromatic N) is 2. The van der Waals surface area contributed by atoms with Gasteiger partial charge in [0, 0.05) is 30.9 Å². The molecular formula is C12H15N3S. The fourth-order valence-electron chi connectivity index (χ4n) is 1.58. The summed E-state index contributed by atoms with van der Waals surface area (Å²) in [6.07, 6.45) is 4.71. The molecule has 0 aliphatic heterocycles. The van der Waals surface area contributed by atoms with Crippen molar-refractivity contribution < 1.29 is 0 Å². The number of rotatable bonds is 5. The monoisotopic (exact) mass is 233 g/mol. The molecule has 2 rings (SSSR count). The third-order valence-corrected chi connectivity index (χ3v) is 3.20. The van der Waals surface area contributed by atoms with Gasteiger partial charge in [-0.25, -0.2) is 4.98 Å². The highest BCUT2D eigenvalue weighted by molar-refractivity contribution is 7.09. The van der Waals surface area contributed by atoms with E-state index in [-0.39, 0.29) is 0 Å². The lowest BCUT2D eigenvalue weighted by Gasteiger charge is -2.06. The Kier molecular flexibility index (Phi) is 4.02. The Morgan fingerprint density at radius 2 is 2.19 bits per heavy atom. The molecule has 0 aliphatic carbocycles. The minimum Gasteiger partial charge on any atom is -0.305 e. The van der Waals surface area contributed by atoms with Crippen LogP contribution in [0.3, 0.4) is 0 Å². The van der Waals surface area contributed by atoms with Gasteiger partial charge in [0.1, 0.15) is 5.01 Å². The number of aromatic nitrogens is 2. The predicted molar refractivity (Wildman–Crippen MR) is 66.3 cm³/mol. The van der Waals surface area contributed by atoms with E-state index in [2.05, 4.69) is 28.3 Å². The van der Waals surface area contributed by atoms with Gasteiger partial charge in [0.2, 0.25) is 0 Å². The third kappa shape index (κ3) is 2.87. The second-order valence-corrected chi connectivity index (χ2v) is 4.47. The Bertz CT molecular complexity index is 426. The summed E-state index contributed by atoms with van der Waals surface area (Å²) < 4.78 is 0. The molecule has 2 aromatic rings. The summed E-state index contributed by atoms with van der Waals surface area (Å²) in [6, 6.07) is 4.12. The summed E-state index contributed by atoms with van der Waals surface area (Å²) >= 11 is 1.67. The smallest absolute Gasteiger partial charge is 0.106 e. The number of aryl methyl sites for hydroxylation is 1. The largest absolute Gasteiger partial charge is 0.305 e. The minimum absolute atomic E-state index is 0.809. The Labute approximate surface area is 99.6 Å². The van der Waals surface area contributed by atoms with Gasteiger partial charge in [-0.2, -0.15) is 0 Å². The van der Waals surface area contributed by atoms with Crippen molar-refractivity contribution in [3.8, 4) is 0 Å². The highest BCUT2D eigenvalue weighted by Crippen LogP contribution is 2.07. The van der Waals surface area contributed by atoms with Gasteiger partial charge in [0.15, 0.2) is 0 Å². The molecule has 0 spiro atoms. The summed E-state index contributed by atoms with van der Waals surface area (Å²) in [4.78, 5) is 8.61. The summed E-state index contributed by atoms with van der Waals surface area (Å²) in [5.74, 6) is 0. The highest BCUT2D eigenvalue weighted by atomic mass is 32.1. The van der Waals surface area contributed by atoms with Gasteiger partial charge in [-0.3, -0.25) is 4.98 Å². The van der Waals surface area contributed by atoms with Crippen molar-refractivity contribution in [3.63, 3.8) is 0 Å². The lowest BCUT2D eigenvalue weighted by Crippen LogP contribution is -2.14. The Morgan fingerprint density at radius 1 is 1.25 bits per heavy atom. The molecule has 0 amide bonds. The minimum atomic E-state index is 0.809. The van der Waals surface area contributed by atoms with Crippen molar-refractivity contribution in [3.05, 3.63) is 46.2 Å². The molecule has 84 valence electrons. The molecule has 0 radical (unpaired) electrons. The molecule has 0 aromatic carbocycles. The van der Waals surface area contributed by atoms with E-state index >= 15 is 0 Å². The van der Waals surface area contributed by atoms with Crippen LogP contribution in [0.5, 0.6) is 0 Å². The summed E-state index contributed by atoms with van der Waals surface area (Å²) in [5.41, 5.74) is 2.45. The number of hydrogen-bond donors (Lipinski definition) is 1. The average Bonchev–Trinajstić information content (AvgIpc) is 2.83. The molecular weight excluding hydrogens is 218 g/mol. The maximum atomic E-state index is 4.39. The molecule has 4 heteroatoms. The van der Waals surface area contributed by atoms with Crippen molar-refractivity contribution in [2.75, 3.05) is 0 Å². The van der Waals surface area contributed by atoms with Crippen LogP contribution in [0.2, 0.25) is 0 Å². The number of nitrogens with one attached hydrogen (secondary N) is 1. The maximum Gasteiger partial charge on any atom is 0.106 e. The quantitative estimate of drug-likeness (QED) is 0.861. The van der Waals surface area contributed by atoms with Crippen molar-refractivity contribution in [1.82, 2.24) is 15.3 Å². The van der Waals surface area contributed by atoms with E-state index < -0.39 is 0 Å². The topological polar surface area (TPSA) is 37.8 Å². The molecule has 1 N–H and O–H groups in total. The molecule has 0 fully saturated rings. The van der Waals surface area contributed by atoms with Crippen molar-refractivity contribution in [1.29, 1.82) is 0 Å². The second kappa shape index (κ2) is 5.72. The van der Waals surface area contributed by atoms with E-state index in [1.165, 1.54) is 5.56 Å². The molecule has 0 saturated carbocycles. The third-order valence-electron chi connectivity index (χ3n) is 2.42. The molecule has 0 atom stereocenters. The van der Waals surface area contributed by atoms with Gasteiger partial charge >= 0.3 is 0 Å². The Hall–Kier alpha value is -1.26. The highest BCUT2D eigenvalue weighted by Gasteiger charge is 2.01. The van der Waals surface area contributed by atoms with Crippen LogP contribution < -0.4 is 5.32 Å². The van der Waals surface area contributed by atoms with Gasteiger partial charge < -0.3 is 5.32 Å². The van der Waals surface area contributed by atoms with Crippen molar-refractivity contribution >= 4 is 11.3 Å². The van der Waals surface area contributed by atoms with Crippen LogP contribution in [0.25, 0.3) is 0 Å². The van der Waals surface area contributed by atoms with Gasteiger partial charge in [0.05, 0.1) is 5.69 Å². The SMILES string of the molecule is CCc1cccnc1CNCc1nccs1. The van der Waals surface area contributed by atoms with E-state index in [4.69, 9.17) is 0 Å². The Balaban J connectivity index is 1.89. The molecule has 0 bridgehead atoms. The van der Waals surface area contributed by atoms with Crippen LogP contribution >= 0.6 is 11.3 Å². The Morgan fingerprint density at radius 3 is 2.94 bits per heavy atom. The first kappa shape index (κ1) is 11.2. The first-order valence-electron chi connectivity index (χ1n) is 5.42. The van der Waals surface area contributed by atoms with Crippen LogP contribution in [-0.2, 0) is 19.5 Å². The van der Waals surface area contributed by atoms with E-state index in [0.29, 0.717) is 0 Å². The predicted octanol–water partition coefficient (Wildman–Crippen LogP) is 2.39. The number of pyridine rings is 1. The normalized spacial score (nSPS) is 10.6. The van der Waals surface area contributed by atoms with E-state index in [1.807, 2.05) is 23.8 Å². The van der Waals surface area contributed by atoms with Crippen LogP contribution in [0.1, 0.15) is 23.2 Å². The molecule has 0 unspecified atom stereocenters. The van der Waals surface area contributed by atoms with Crippen molar-refractivity contribution in [2.24, 2.45) is 0 Å². The second-order valence-electron chi connectivity index (χ2n) is 3.49. The molecule has 2 heterocycles. The van der Waals surface area contributed by atoms with Crippen LogP contribution in [0.15, 0.2) is 29.9 Å². The summed E-state index contributed by atoms with van der Waals surface area (Å²) in [5, 5.41) is 6.48. The van der Waals surface area contributed by atoms with E-state index in [0.717, 1.165) is 30.2 Å². The molecule has 0 saturated heterocycles. The first-order chi connectivity index (χ1) is 7.90. The van der Waals surface area contributed by atoms with Gasteiger partial charge in [0.25, 0.3) is 0 Å². The maximum absolute atomic E-state index is 4.39. The fraction of sp³-hybridized carbons (Fsp3) is 0.333. The van der Waals surface area contributed by atoms with Crippen LogP contribution in [-0.4, -0.2) is 9.97 Å². The molecule has 2 aromatic heterocycles. The van der Waals surface area contributed by atoms with Crippen LogP contribution in [0.4, 0.5) is 0 Å². The summed E-state index contributed by atoms with van der Waals surface area (Å²) in [7, 11) is 0. The molecule has 16 heavy (non-hydrogen) atoms. The lowest BCUT2D eigenvalue weighted by atomic mass is 10.1. The fourth-order valence-corrected chi connectivity index (χ4v) is 2.17. The standard InChI is InChI=1S/C12H15N3S/c1-2-10-4-3-5-14-11(10)8-13-9-12-15-6-7-16-12/h3-7,13H,2,8-9H2,1H3. The van der Waals surface area contributed by atoms with Crippen molar-refractivity contribution in [2.45, 2.75) is 26.4 Å². The van der Waals surface area contributed by atoms with Gasteiger partial charge in [-0.1, -0.05) is 13.0 Å². The zero-order valence-corrected chi connectivity index (χ0v) is 10.1. The zero-order chi connectivity index (χ0) is 11.2. The number of thiazole rings is 1. The zero-order valence-electron chi connectivity index (χ0n) is 9.31. The first-order valence-corrected chi connectivity index (χ1v) is 6.30. The molecule has 3 nitrogen and oxygen atoms in total. The average molecular weight is 233 g/mol. The van der Waals surface area contributed by atoms with E-state index in [9.17, 15) is 0 Å². The van der Waals surface area contributed by atoms with Gasteiger partial charge in [-0.05, 0) is 18.1 Å². The summed E-state index contributed by atoms with van der Waals surface area (Å²) in [6.45, 7) is 3.78.